The van der Waals surface area contributed by atoms with Crippen molar-refractivity contribution in [3.05, 3.63) is 31.6 Å². The number of nitrogens with one attached hydrogen (secondary N) is 1. The zero-order valence-electron chi connectivity index (χ0n) is 10.7. The van der Waals surface area contributed by atoms with Gasteiger partial charge in [0.05, 0.1) is 23.0 Å². The Bertz CT molecular complexity index is 673. The van der Waals surface area contributed by atoms with Crippen molar-refractivity contribution in [1.82, 2.24) is 4.98 Å². The Morgan fingerprint density at radius 1 is 1.40 bits per heavy atom. The first-order valence-corrected chi connectivity index (χ1v) is 7.90. The predicted octanol–water partition coefficient (Wildman–Crippen LogP) is 3.82. The molecular formula is C12H11Br2N3O2S. The second-order valence-electron chi connectivity index (χ2n) is 3.89. The fourth-order valence-electron chi connectivity index (χ4n) is 1.59. The number of aryl methyl sites for hydroxylation is 1. The summed E-state index contributed by atoms with van der Waals surface area (Å²) in [6.07, 6.45) is 0. The second-order valence-corrected chi connectivity index (χ2v) is 6.63. The summed E-state index contributed by atoms with van der Waals surface area (Å²) in [7, 11) is 1.56. The molecule has 106 valence electrons. The number of nitrogens with zero attached hydrogens (tertiary/aromatic N) is 1. The summed E-state index contributed by atoms with van der Waals surface area (Å²) in [6.45, 7) is 1.75. The van der Waals surface area contributed by atoms with Crippen LogP contribution in [0.2, 0.25) is 0 Å². The van der Waals surface area contributed by atoms with Crippen molar-refractivity contribution in [2.45, 2.75) is 6.92 Å². The Morgan fingerprint density at radius 3 is 2.65 bits per heavy atom. The standard InChI is InChI=1S/C12H11Br2N3O2S/c1-5-10(20-12(15)16-5)11(18)17-8-4-9(19-2)7(14)3-6(8)13/h3-4H,1-2H3,(H2,15,16)(H,17,18). The lowest BCUT2D eigenvalue weighted by Crippen LogP contribution is -2.12. The van der Waals surface area contributed by atoms with Crippen molar-refractivity contribution in [2.75, 3.05) is 18.2 Å². The van der Waals surface area contributed by atoms with Crippen LogP contribution in [0.25, 0.3) is 0 Å². The van der Waals surface area contributed by atoms with Crippen LogP contribution in [0.15, 0.2) is 21.1 Å². The summed E-state index contributed by atoms with van der Waals surface area (Å²) in [6, 6.07) is 3.54. The molecular weight excluding hydrogens is 410 g/mol. The van der Waals surface area contributed by atoms with E-state index in [0.717, 1.165) is 20.3 Å². The quantitative estimate of drug-likeness (QED) is 0.791. The average molecular weight is 421 g/mol. The van der Waals surface area contributed by atoms with Crippen molar-refractivity contribution in [3.63, 3.8) is 0 Å². The minimum absolute atomic E-state index is 0.248. The number of carbonyl (C=O) groups excluding carboxylic acids is 1. The molecule has 2 rings (SSSR count). The van der Waals surface area contributed by atoms with Crippen LogP contribution in [-0.2, 0) is 0 Å². The maximum Gasteiger partial charge on any atom is 0.267 e. The van der Waals surface area contributed by atoms with Crippen molar-refractivity contribution in [2.24, 2.45) is 0 Å². The van der Waals surface area contributed by atoms with E-state index in [2.05, 4.69) is 42.2 Å². The van der Waals surface area contributed by atoms with Crippen molar-refractivity contribution < 1.29 is 9.53 Å². The zero-order valence-corrected chi connectivity index (χ0v) is 14.6. The molecule has 0 bridgehead atoms. The molecule has 2 aromatic rings. The summed E-state index contributed by atoms with van der Waals surface area (Å²) in [4.78, 5) is 16.7. The molecule has 0 atom stereocenters. The first-order valence-electron chi connectivity index (χ1n) is 5.49. The van der Waals surface area contributed by atoms with E-state index in [-0.39, 0.29) is 5.91 Å². The van der Waals surface area contributed by atoms with Gasteiger partial charge in [-0.15, -0.1) is 0 Å². The van der Waals surface area contributed by atoms with Gasteiger partial charge in [0.2, 0.25) is 0 Å². The first kappa shape index (κ1) is 15.3. The van der Waals surface area contributed by atoms with Gasteiger partial charge in [-0.05, 0) is 44.8 Å². The molecule has 3 N–H and O–H groups in total. The van der Waals surface area contributed by atoms with E-state index in [1.54, 1.807) is 20.1 Å². The molecule has 5 nitrogen and oxygen atoms in total. The number of aromatic nitrogens is 1. The molecule has 1 aromatic carbocycles. The van der Waals surface area contributed by atoms with Gasteiger partial charge >= 0.3 is 0 Å². The molecule has 1 aromatic heterocycles. The fourth-order valence-corrected chi connectivity index (χ4v) is 3.57. The van der Waals surface area contributed by atoms with Crippen LogP contribution in [0.4, 0.5) is 10.8 Å². The topological polar surface area (TPSA) is 77.2 Å². The van der Waals surface area contributed by atoms with Crippen molar-refractivity contribution >= 4 is 59.9 Å². The Hall–Kier alpha value is -1.12. The van der Waals surface area contributed by atoms with Crippen LogP contribution in [0.5, 0.6) is 5.75 Å². The Morgan fingerprint density at radius 2 is 2.10 bits per heavy atom. The van der Waals surface area contributed by atoms with E-state index in [1.165, 1.54) is 0 Å². The summed E-state index contributed by atoms with van der Waals surface area (Å²) < 4.78 is 6.75. The molecule has 0 spiro atoms. The van der Waals surface area contributed by atoms with E-state index in [0.29, 0.717) is 27.1 Å². The summed E-state index contributed by atoms with van der Waals surface area (Å²) in [5.74, 6) is 0.380. The molecule has 8 heteroatoms. The second kappa shape index (κ2) is 6.11. The lowest BCUT2D eigenvalue weighted by molar-refractivity contribution is 0.102. The maximum absolute atomic E-state index is 12.2. The van der Waals surface area contributed by atoms with Gasteiger partial charge in [0.15, 0.2) is 5.13 Å². The number of amides is 1. The fraction of sp³-hybridized carbons (Fsp3) is 0.167. The summed E-state index contributed by atoms with van der Waals surface area (Å²) in [5.41, 5.74) is 6.83. The molecule has 0 aliphatic heterocycles. The minimum Gasteiger partial charge on any atom is -0.495 e. The number of hydrogen-bond donors (Lipinski definition) is 2. The molecule has 0 fully saturated rings. The number of thiazole rings is 1. The van der Waals surface area contributed by atoms with Gasteiger partial charge in [-0.3, -0.25) is 4.79 Å². The van der Waals surface area contributed by atoms with Crippen LogP contribution in [0.3, 0.4) is 0 Å². The monoisotopic (exact) mass is 419 g/mol. The van der Waals surface area contributed by atoms with E-state index in [1.807, 2.05) is 6.07 Å². The van der Waals surface area contributed by atoms with Crippen molar-refractivity contribution in [1.29, 1.82) is 0 Å². The first-order chi connectivity index (χ1) is 9.42. The molecule has 1 heterocycles. The number of hydrogen-bond acceptors (Lipinski definition) is 5. The Kier molecular flexibility index (Phi) is 4.66. The lowest BCUT2D eigenvalue weighted by atomic mass is 10.3. The number of anilines is 2. The predicted molar refractivity (Wildman–Crippen MR) is 87.6 cm³/mol. The number of ether oxygens (including phenoxy) is 1. The molecule has 0 unspecified atom stereocenters. The lowest BCUT2D eigenvalue weighted by Gasteiger charge is -2.10. The van der Waals surface area contributed by atoms with E-state index in [4.69, 9.17) is 10.5 Å². The third-order valence-electron chi connectivity index (χ3n) is 2.51. The highest BCUT2D eigenvalue weighted by molar-refractivity contribution is 9.11. The number of nitrogen functional groups attached to an aromatic ring is 1. The van der Waals surface area contributed by atoms with Gasteiger partial charge in [0.25, 0.3) is 5.91 Å². The maximum atomic E-state index is 12.2. The molecule has 0 radical (unpaired) electrons. The molecule has 0 aliphatic rings. The van der Waals surface area contributed by atoms with Gasteiger partial charge in [-0.1, -0.05) is 11.3 Å². The van der Waals surface area contributed by atoms with Crippen LogP contribution >= 0.6 is 43.2 Å². The van der Waals surface area contributed by atoms with Crippen LogP contribution in [-0.4, -0.2) is 18.0 Å². The number of methoxy groups -OCH3 is 1. The molecule has 0 aliphatic carbocycles. The third-order valence-corrected chi connectivity index (χ3v) is 4.77. The number of benzene rings is 1. The van der Waals surface area contributed by atoms with Crippen LogP contribution in [0, 0.1) is 6.92 Å². The van der Waals surface area contributed by atoms with Gasteiger partial charge in [0, 0.05) is 10.5 Å². The minimum atomic E-state index is -0.248. The van der Waals surface area contributed by atoms with E-state index in [9.17, 15) is 4.79 Å². The zero-order chi connectivity index (χ0) is 14.9. The highest BCUT2D eigenvalue weighted by Crippen LogP contribution is 2.35. The highest BCUT2D eigenvalue weighted by Gasteiger charge is 2.16. The van der Waals surface area contributed by atoms with Gasteiger partial charge in [0.1, 0.15) is 10.6 Å². The van der Waals surface area contributed by atoms with Gasteiger partial charge in [-0.2, -0.15) is 0 Å². The van der Waals surface area contributed by atoms with E-state index >= 15 is 0 Å². The smallest absolute Gasteiger partial charge is 0.267 e. The normalized spacial score (nSPS) is 10.4. The Labute approximate surface area is 136 Å². The summed E-state index contributed by atoms with van der Waals surface area (Å²) >= 11 is 7.93. The number of rotatable bonds is 3. The van der Waals surface area contributed by atoms with Crippen LogP contribution < -0.4 is 15.8 Å². The van der Waals surface area contributed by atoms with Crippen LogP contribution in [0.1, 0.15) is 15.4 Å². The largest absolute Gasteiger partial charge is 0.495 e. The highest BCUT2D eigenvalue weighted by atomic mass is 79.9. The molecule has 0 saturated carbocycles. The van der Waals surface area contributed by atoms with Gasteiger partial charge < -0.3 is 15.8 Å². The average Bonchev–Trinajstić information content (AvgIpc) is 2.71. The number of carbonyl (C=O) groups is 1. The van der Waals surface area contributed by atoms with Crippen molar-refractivity contribution in [3.8, 4) is 5.75 Å². The SMILES string of the molecule is COc1cc(NC(=O)c2sc(N)nc2C)c(Br)cc1Br. The third kappa shape index (κ3) is 3.13. The number of nitrogens with two attached hydrogens (primary N) is 1. The van der Waals surface area contributed by atoms with Gasteiger partial charge in [-0.25, -0.2) is 4.98 Å². The molecule has 1 amide bonds. The molecule has 0 saturated heterocycles. The number of halogens is 2. The molecule has 20 heavy (non-hydrogen) atoms. The Balaban J connectivity index is 2.30. The van der Waals surface area contributed by atoms with E-state index < -0.39 is 0 Å². The summed E-state index contributed by atoms with van der Waals surface area (Å²) in [5, 5.41) is 3.19.